The van der Waals surface area contributed by atoms with Crippen LogP contribution in [0.25, 0.3) is 11.4 Å². The maximum Gasteiger partial charge on any atom is 0.270 e. The van der Waals surface area contributed by atoms with Crippen molar-refractivity contribution in [2.75, 3.05) is 11.9 Å². The molecule has 3 aromatic rings. The number of nitrogens with one attached hydrogen (secondary N) is 2. The predicted molar refractivity (Wildman–Crippen MR) is 113 cm³/mol. The van der Waals surface area contributed by atoms with E-state index < -0.39 is 0 Å². The van der Waals surface area contributed by atoms with E-state index in [1.165, 1.54) is 12.1 Å². The molecule has 0 spiro atoms. The zero-order valence-electron chi connectivity index (χ0n) is 16.9. The number of carbonyl (C=O) groups is 1. The Bertz CT molecular complexity index is 966. The van der Waals surface area contributed by atoms with Crippen molar-refractivity contribution in [3.63, 3.8) is 0 Å². The van der Waals surface area contributed by atoms with Gasteiger partial charge in [0, 0.05) is 23.7 Å². The minimum atomic E-state index is -0.274. The first-order valence-corrected chi connectivity index (χ1v) is 9.55. The van der Waals surface area contributed by atoms with Gasteiger partial charge in [-0.25, -0.2) is 14.4 Å². The largest absolute Gasteiger partial charge is 0.365 e. The fraction of sp³-hybridized carbons (Fsp3) is 0.261. The molecule has 6 heteroatoms. The van der Waals surface area contributed by atoms with Crippen molar-refractivity contribution in [1.29, 1.82) is 0 Å². The lowest BCUT2D eigenvalue weighted by Crippen LogP contribution is -2.29. The summed E-state index contributed by atoms with van der Waals surface area (Å²) in [4.78, 5) is 21.7. The average Bonchev–Trinajstić information content (AvgIpc) is 2.68. The zero-order valence-corrected chi connectivity index (χ0v) is 16.9. The minimum absolute atomic E-state index is 0.210. The van der Waals surface area contributed by atoms with Crippen molar-refractivity contribution in [2.45, 2.75) is 32.7 Å². The summed E-state index contributed by atoms with van der Waals surface area (Å²) in [5.41, 5.74) is 1.88. The highest BCUT2D eigenvalue weighted by atomic mass is 19.1. The summed E-state index contributed by atoms with van der Waals surface area (Å²) in [5, 5.41) is 6.19. The molecular weight excluding hydrogens is 367 g/mol. The second kappa shape index (κ2) is 8.82. The summed E-state index contributed by atoms with van der Waals surface area (Å²) in [6.07, 6.45) is 0.607. The third-order valence-electron chi connectivity index (χ3n) is 4.11. The van der Waals surface area contributed by atoms with E-state index in [9.17, 15) is 9.18 Å². The normalized spacial score (nSPS) is 11.2. The highest BCUT2D eigenvalue weighted by molar-refractivity contribution is 5.93. The van der Waals surface area contributed by atoms with Crippen LogP contribution in [0.4, 0.5) is 10.2 Å². The first-order valence-electron chi connectivity index (χ1n) is 9.55. The molecule has 0 atom stereocenters. The van der Waals surface area contributed by atoms with Crippen LogP contribution in [0.1, 0.15) is 36.8 Å². The molecule has 0 saturated carbocycles. The second-order valence-electron chi connectivity index (χ2n) is 7.84. The lowest BCUT2D eigenvalue weighted by atomic mass is 10.1. The molecule has 0 aliphatic carbocycles. The Morgan fingerprint density at radius 3 is 2.34 bits per heavy atom. The van der Waals surface area contributed by atoms with Crippen LogP contribution in [0, 0.1) is 5.82 Å². The third-order valence-corrected chi connectivity index (χ3v) is 4.11. The molecule has 3 rings (SSSR count). The Morgan fingerprint density at radius 1 is 1.00 bits per heavy atom. The second-order valence-corrected chi connectivity index (χ2v) is 7.84. The van der Waals surface area contributed by atoms with Crippen molar-refractivity contribution < 1.29 is 9.18 Å². The molecule has 1 amide bonds. The number of benzene rings is 2. The van der Waals surface area contributed by atoms with Crippen LogP contribution >= 0.6 is 0 Å². The van der Waals surface area contributed by atoms with Gasteiger partial charge >= 0.3 is 0 Å². The summed E-state index contributed by atoms with van der Waals surface area (Å²) < 4.78 is 13.0. The Kier molecular flexibility index (Phi) is 6.22. The third kappa shape index (κ3) is 6.10. The molecule has 0 aliphatic rings. The maximum atomic E-state index is 13.0. The van der Waals surface area contributed by atoms with Gasteiger partial charge in [0.15, 0.2) is 5.82 Å². The van der Waals surface area contributed by atoms with E-state index in [1.807, 2.05) is 51.1 Å². The Morgan fingerprint density at radius 2 is 1.69 bits per heavy atom. The van der Waals surface area contributed by atoms with Crippen LogP contribution in [0.15, 0.2) is 60.7 Å². The van der Waals surface area contributed by atoms with Gasteiger partial charge in [-0.15, -0.1) is 0 Å². The summed E-state index contributed by atoms with van der Waals surface area (Å²) >= 11 is 0. The van der Waals surface area contributed by atoms with Gasteiger partial charge in [-0.05, 0) is 44.9 Å². The first kappa shape index (κ1) is 20.5. The summed E-state index contributed by atoms with van der Waals surface area (Å²) in [6.45, 7) is 6.51. The molecule has 5 nitrogen and oxygen atoms in total. The molecular formula is C23H25FN4O. The maximum absolute atomic E-state index is 13.0. The molecule has 0 fully saturated rings. The highest BCUT2D eigenvalue weighted by Crippen LogP contribution is 2.20. The molecule has 0 aliphatic heterocycles. The molecule has 1 heterocycles. The number of halogens is 1. The van der Waals surface area contributed by atoms with E-state index in [-0.39, 0.29) is 17.3 Å². The average molecular weight is 392 g/mol. The van der Waals surface area contributed by atoms with E-state index in [1.54, 1.807) is 18.2 Å². The van der Waals surface area contributed by atoms with Crippen LogP contribution in [0.5, 0.6) is 0 Å². The summed E-state index contributed by atoms with van der Waals surface area (Å²) in [7, 11) is 0. The van der Waals surface area contributed by atoms with Gasteiger partial charge in [-0.1, -0.05) is 42.5 Å². The number of carbonyl (C=O) groups excluding carboxylic acids is 1. The molecule has 0 unspecified atom stereocenters. The predicted octanol–water partition coefficient (Wildman–Crippen LogP) is 4.47. The van der Waals surface area contributed by atoms with E-state index in [4.69, 9.17) is 0 Å². The SMILES string of the molecule is CC(C)(C)Nc1cc(C(=O)NCCc2ccc(F)cc2)nc(-c2ccccc2)n1. The molecule has 0 bridgehead atoms. The Balaban J connectivity index is 1.77. The molecule has 0 radical (unpaired) electrons. The van der Waals surface area contributed by atoms with Crippen molar-refractivity contribution in [1.82, 2.24) is 15.3 Å². The van der Waals surface area contributed by atoms with E-state index >= 15 is 0 Å². The molecule has 29 heavy (non-hydrogen) atoms. The molecule has 2 N–H and O–H groups in total. The van der Waals surface area contributed by atoms with E-state index in [0.29, 0.717) is 30.3 Å². The van der Waals surface area contributed by atoms with E-state index in [2.05, 4.69) is 20.6 Å². The molecule has 2 aromatic carbocycles. The minimum Gasteiger partial charge on any atom is -0.365 e. The van der Waals surface area contributed by atoms with Gasteiger partial charge in [0.1, 0.15) is 17.3 Å². The van der Waals surface area contributed by atoms with Crippen molar-refractivity contribution in [3.05, 3.63) is 77.7 Å². The lowest BCUT2D eigenvalue weighted by molar-refractivity contribution is 0.0949. The fourth-order valence-electron chi connectivity index (χ4n) is 2.79. The number of anilines is 1. The van der Waals surface area contributed by atoms with Crippen molar-refractivity contribution in [2.24, 2.45) is 0 Å². The molecule has 1 aromatic heterocycles. The smallest absolute Gasteiger partial charge is 0.270 e. The van der Waals surface area contributed by atoms with Gasteiger partial charge in [0.25, 0.3) is 5.91 Å². The number of hydrogen-bond acceptors (Lipinski definition) is 4. The van der Waals surface area contributed by atoms with Crippen molar-refractivity contribution in [3.8, 4) is 11.4 Å². The van der Waals surface area contributed by atoms with Crippen LogP contribution in [-0.2, 0) is 6.42 Å². The van der Waals surface area contributed by atoms with Gasteiger partial charge < -0.3 is 10.6 Å². The number of rotatable bonds is 6. The number of aromatic nitrogens is 2. The molecule has 0 saturated heterocycles. The van der Waals surface area contributed by atoms with Gasteiger partial charge in [0.05, 0.1) is 0 Å². The lowest BCUT2D eigenvalue weighted by Gasteiger charge is -2.22. The highest BCUT2D eigenvalue weighted by Gasteiger charge is 2.16. The molecule has 150 valence electrons. The van der Waals surface area contributed by atoms with Crippen LogP contribution in [0.2, 0.25) is 0 Å². The standard InChI is InChI=1S/C23H25FN4O/c1-23(2,3)28-20-15-19(26-21(27-20)17-7-5-4-6-8-17)22(29)25-14-13-16-9-11-18(24)12-10-16/h4-12,15H,13-14H2,1-3H3,(H,25,29)(H,26,27,28). The van der Waals surface area contributed by atoms with Gasteiger partial charge in [0.2, 0.25) is 0 Å². The first-order chi connectivity index (χ1) is 13.8. The Hall–Kier alpha value is -3.28. The number of amides is 1. The van der Waals surface area contributed by atoms with Gasteiger partial charge in [-0.2, -0.15) is 0 Å². The monoisotopic (exact) mass is 392 g/mol. The summed E-state index contributed by atoms with van der Waals surface area (Å²) in [5.74, 6) is 0.535. The quantitative estimate of drug-likeness (QED) is 0.650. The van der Waals surface area contributed by atoms with E-state index in [0.717, 1.165) is 11.1 Å². The van der Waals surface area contributed by atoms with Gasteiger partial charge in [-0.3, -0.25) is 4.79 Å². The van der Waals surface area contributed by atoms with Crippen LogP contribution in [-0.4, -0.2) is 28.0 Å². The zero-order chi connectivity index (χ0) is 20.9. The van der Waals surface area contributed by atoms with Crippen LogP contribution in [0.3, 0.4) is 0 Å². The summed E-state index contributed by atoms with van der Waals surface area (Å²) in [6, 6.07) is 17.5. The topological polar surface area (TPSA) is 66.9 Å². The fourth-order valence-corrected chi connectivity index (χ4v) is 2.79. The Labute approximate surface area is 170 Å². The number of nitrogens with zero attached hydrogens (tertiary/aromatic N) is 2. The number of hydrogen-bond donors (Lipinski definition) is 2. The van der Waals surface area contributed by atoms with Crippen molar-refractivity contribution >= 4 is 11.7 Å². The van der Waals surface area contributed by atoms with Crippen LogP contribution < -0.4 is 10.6 Å².